The van der Waals surface area contributed by atoms with Gasteiger partial charge >= 0.3 is 0 Å². The highest BCUT2D eigenvalue weighted by molar-refractivity contribution is 7.92. The number of fused-ring (bicyclic) bond motifs is 2. The maximum atomic E-state index is 13.2. The second-order valence-electron chi connectivity index (χ2n) is 7.75. The van der Waals surface area contributed by atoms with Crippen molar-refractivity contribution < 1.29 is 13.2 Å². The van der Waals surface area contributed by atoms with Crippen molar-refractivity contribution in [2.75, 3.05) is 11.8 Å². The monoisotopic (exact) mass is 433 g/mol. The van der Waals surface area contributed by atoms with Gasteiger partial charge in [0, 0.05) is 18.0 Å². The van der Waals surface area contributed by atoms with E-state index >= 15 is 0 Å². The molecule has 1 N–H and O–H groups in total. The average Bonchev–Trinajstić information content (AvgIpc) is 3.23. The third kappa shape index (κ3) is 3.77. The molecule has 0 amide bonds. The summed E-state index contributed by atoms with van der Waals surface area (Å²) in [6.45, 7) is 0. The van der Waals surface area contributed by atoms with Crippen LogP contribution in [0.25, 0.3) is 16.9 Å². The number of anilines is 1. The maximum Gasteiger partial charge on any atom is 0.262 e. The van der Waals surface area contributed by atoms with Gasteiger partial charge < -0.3 is 9.14 Å². The minimum absolute atomic E-state index is 0.272. The number of hydrogen-bond donors (Lipinski definition) is 1. The summed E-state index contributed by atoms with van der Waals surface area (Å²) in [4.78, 5) is 4.90. The van der Waals surface area contributed by atoms with Gasteiger partial charge in [0.25, 0.3) is 10.0 Å². The molecule has 0 spiro atoms. The molecule has 0 atom stereocenters. The van der Waals surface area contributed by atoms with Crippen LogP contribution in [0.5, 0.6) is 5.75 Å². The summed E-state index contributed by atoms with van der Waals surface area (Å²) in [5, 5.41) is 0. The molecule has 158 valence electrons. The Morgan fingerprint density at radius 3 is 2.65 bits per heavy atom. The topological polar surface area (TPSA) is 72.7 Å². The highest BCUT2D eigenvalue weighted by Crippen LogP contribution is 2.33. The number of sulfonamides is 1. The summed E-state index contributed by atoms with van der Waals surface area (Å²) in [6, 6.07) is 16.6. The molecule has 0 aliphatic heterocycles. The molecule has 2 aromatic carbocycles. The zero-order valence-corrected chi connectivity index (χ0v) is 18.0. The first kappa shape index (κ1) is 19.6. The van der Waals surface area contributed by atoms with Crippen LogP contribution >= 0.6 is 0 Å². The normalized spacial score (nSPS) is 13.7. The van der Waals surface area contributed by atoms with E-state index in [1.54, 1.807) is 24.3 Å². The van der Waals surface area contributed by atoms with E-state index in [1.165, 1.54) is 12.7 Å². The molecule has 5 rings (SSSR count). The highest BCUT2D eigenvalue weighted by Gasteiger charge is 2.20. The Kier molecular flexibility index (Phi) is 4.90. The zero-order valence-electron chi connectivity index (χ0n) is 17.2. The summed E-state index contributed by atoms with van der Waals surface area (Å²) >= 11 is 0. The molecule has 7 heteroatoms. The number of pyridine rings is 1. The summed E-state index contributed by atoms with van der Waals surface area (Å²) in [5.74, 6) is 0.453. The van der Waals surface area contributed by atoms with Crippen LogP contribution in [0.4, 0.5) is 5.69 Å². The standard InChI is InChI=1S/C24H23N3O3S/c1-30-23-12-10-19(22-16-27-13-5-4-8-24(27)25-22)15-21(23)26-31(28,29)20-11-9-17-6-2-3-7-18(17)14-20/h4-5,8-16,26H,2-3,6-7H2,1H3. The minimum Gasteiger partial charge on any atom is -0.495 e. The molecule has 2 heterocycles. The van der Waals surface area contributed by atoms with Gasteiger partial charge in [-0.2, -0.15) is 0 Å². The largest absolute Gasteiger partial charge is 0.495 e. The van der Waals surface area contributed by atoms with Crippen molar-refractivity contribution in [1.29, 1.82) is 0 Å². The first-order valence-corrected chi connectivity index (χ1v) is 11.8. The zero-order chi connectivity index (χ0) is 21.4. The summed E-state index contributed by atoms with van der Waals surface area (Å²) < 4.78 is 36.4. The maximum absolute atomic E-state index is 13.2. The van der Waals surface area contributed by atoms with E-state index in [2.05, 4.69) is 9.71 Å². The van der Waals surface area contributed by atoms with Gasteiger partial charge in [-0.25, -0.2) is 13.4 Å². The van der Waals surface area contributed by atoms with E-state index in [0.29, 0.717) is 11.4 Å². The molecular weight excluding hydrogens is 410 g/mol. The number of aryl methyl sites for hydroxylation is 2. The number of imidazole rings is 1. The van der Waals surface area contributed by atoms with Gasteiger partial charge in [0.05, 0.1) is 23.4 Å². The molecule has 6 nitrogen and oxygen atoms in total. The Morgan fingerprint density at radius 2 is 1.84 bits per heavy atom. The molecule has 4 aromatic rings. The first-order valence-electron chi connectivity index (χ1n) is 10.3. The van der Waals surface area contributed by atoms with E-state index in [1.807, 2.05) is 47.1 Å². The molecule has 2 aromatic heterocycles. The van der Waals surface area contributed by atoms with Gasteiger partial charge in [0.2, 0.25) is 0 Å². The van der Waals surface area contributed by atoms with Crippen molar-refractivity contribution in [2.45, 2.75) is 30.6 Å². The van der Waals surface area contributed by atoms with Crippen LogP contribution < -0.4 is 9.46 Å². The number of hydrogen-bond acceptors (Lipinski definition) is 4. The molecule has 31 heavy (non-hydrogen) atoms. The molecule has 1 aliphatic carbocycles. The predicted octanol–water partition coefficient (Wildman–Crippen LogP) is 4.69. The van der Waals surface area contributed by atoms with Gasteiger partial charge in [0.1, 0.15) is 11.4 Å². The number of rotatable bonds is 5. The molecule has 0 saturated heterocycles. The van der Waals surface area contributed by atoms with Gasteiger partial charge in [-0.1, -0.05) is 12.1 Å². The number of ether oxygens (including phenoxy) is 1. The fourth-order valence-corrected chi connectivity index (χ4v) is 5.21. The quantitative estimate of drug-likeness (QED) is 0.496. The highest BCUT2D eigenvalue weighted by atomic mass is 32.2. The van der Waals surface area contributed by atoms with Crippen LogP contribution in [0, 0.1) is 0 Å². The number of methoxy groups -OCH3 is 1. The molecule has 0 saturated carbocycles. The second-order valence-corrected chi connectivity index (χ2v) is 9.43. The second kappa shape index (κ2) is 7.74. The lowest BCUT2D eigenvalue weighted by atomic mass is 9.92. The predicted molar refractivity (Wildman–Crippen MR) is 121 cm³/mol. The molecule has 0 bridgehead atoms. The number of nitrogens with zero attached hydrogens (tertiary/aromatic N) is 2. The van der Waals surface area contributed by atoms with E-state index < -0.39 is 10.0 Å². The lowest BCUT2D eigenvalue weighted by molar-refractivity contribution is 0.417. The van der Waals surface area contributed by atoms with E-state index in [9.17, 15) is 8.42 Å². The Labute approximate surface area is 181 Å². The van der Waals surface area contributed by atoms with E-state index in [0.717, 1.165) is 48.2 Å². The van der Waals surface area contributed by atoms with Crippen LogP contribution in [-0.4, -0.2) is 24.9 Å². The Morgan fingerprint density at radius 1 is 1.00 bits per heavy atom. The first-order chi connectivity index (χ1) is 15.0. The number of nitrogens with one attached hydrogen (secondary N) is 1. The molecular formula is C24H23N3O3S. The molecule has 0 unspecified atom stereocenters. The Hall–Kier alpha value is -3.32. The van der Waals surface area contributed by atoms with Gasteiger partial charge in [-0.3, -0.25) is 4.72 Å². The van der Waals surface area contributed by atoms with Gasteiger partial charge in [0.15, 0.2) is 0 Å². The van der Waals surface area contributed by atoms with Crippen molar-refractivity contribution in [1.82, 2.24) is 9.38 Å². The van der Waals surface area contributed by atoms with E-state index in [-0.39, 0.29) is 4.90 Å². The third-order valence-corrected chi connectivity index (χ3v) is 7.10. The van der Waals surface area contributed by atoms with Crippen LogP contribution in [0.2, 0.25) is 0 Å². The Bertz CT molecular complexity index is 1340. The van der Waals surface area contributed by atoms with Crippen LogP contribution in [0.1, 0.15) is 24.0 Å². The summed E-state index contributed by atoms with van der Waals surface area (Å²) in [6.07, 6.45) is 8.03. The third-order valence-electron chi connectivity index (χ3n) is 5.73. The van der Waals surface area contributed by atoms with E-state index in [4.69, 9.17) is 4.74 Å². The Balaban J connectivity index is 1.51. The van der Waals surface area contributed by atoms with Crippen molar-refractivity contribution in [3.05, 3.63) is 78.1 Å². The lowest BCUT2D eigenvalue weighted by Gasteiger charge is -2.17. The molecule has 0 radical (unpaired) electrons. The smallest absolute Gasteiger partial charge is 0.262 e. The van der Waals surface area contributed by atoms with Gasteiger partial charge in [-0.05, 0) is 79.3 Å². The summed E-state index contributed by atoms with van der Waals surface area (Å²) in [5.41, 5.74) is 5.13. The van der Waals surface area contributed by atoms with Crippen LogP contribution in [0.15, 0.2) is 71.9 Å². The van der Waals surface area contributed by atoms with Crippen molar-refractivity contribution in [3.8, 4) is 17.0 Å². The fourth-order valence-electron chi connectivity index (χ4n) is 4.10. The number of benzene rings is 2. The SMILES string of the molecule is COc1ccc(-c2cn3ccccc3n2)cc1NS(=O)(=O)c1ccc2c(c1)CCCC2. The molecule has 1 aliphatic rings. The van der Waals surface area contributed by atoms with Crippen LogP contribution in [-0.2, 0) is 22.9 Å². The van der Waals surface area contributed by atoms with Crippen molar-refractivity contribution in [2.24, 2.45) is 0 Å². The summed E-state index contributed by atoms with van der Waals surface area (Å²) in [7, 11) is -2.23. The fraction of sp³-hybridized carbons (Fsp3) is 0.208. The van der Waals surface area contributed by atoms with Crippen molar-refractivity contribution >= 4 is 21.4 Å². The number of aromatic nitrogens is 2. The van der Waals surface area contributed by atoms with Crippen LogP contribution in [0.3, 0.4) is 0 Å². The van der Waals surface area contributed by atoms with Gasteiger partial charge in [-0.15, -0.1) is 0 Å². The molecule has 0 fully saturated rings. The minimum atomic E-state index is -3.76. The average molecular weight is 434 g/mol. The lowest BCUT2D eigenvalue weighted by Crippen LogP contribution is -2.15. The van der Waals surface area contributed by atoms with Crippen molar-refractivity contribution in [3.63, 3.8) is 0 Å².